The Morgan fingerprint density at radius 2 is 1.63 bits per heavy atom. The fourth-order valence-electron chi connectivity index (χ4n) is 2.81. The van der Waals surface area contributed by atoms with E-state index in [4.69, 9.17) is 5.84 Å². The zero-order valence-electron chi connectivity index (χ0n) is 10.7. The summed E-state index contributed by atoms with van der Waals surface area (Å²) in [7, 11) is 0. The van der Waals surface area contributed by atoms with E-state index in [9.17, 15) is 0 Å². The topological polar surface area (TPSA) is 38.0 Å². The molecule has 0 fully saturated rings. The summed E-state index contributed by atoms with van der Waals surface area (Å²) >= 11 is 2.32. The Bertz CT molecular complexity index is 578. The zero-order chi connectivity index (χ0) is 13.2. The molecule has 3 heteroatoms. The SMILES string of the molecule is NNC(c1ccc(I)cc1)c1ccc2c(c1)CCC2. The second-order valence-corrected chi connectivity index (χ2v) is 6.28. The van der Waals surface area contributed by atoms with Gasteiger partial charge in [0, 0.05) is 3.57 Å². The van der Waals surface area contributed by atoms with Crippen molar-refractivity contribution in [3.8, 4) is 0 Å². The molecule has 1 aliphatic carbocycles. The minimum atomic E-state index is 0.0721. The van der Waals surface area contributed by atoms with Gasteiger partial charge < -0.3 is 0 Å². The molecule has 0 saturated carbocycles. The molecule has 0 heterocycles. The van der Waals surface area contributed by atoms with Gasteiger partial charge in [0.25, 0.3) is 0 Å². The number of halogens is 1. The molecule has 1 aliphatic rings. The van der Waals surface area contributed by atoms with Gasteiger partial charge in [0.2, 0.25) is 0 Å². The van der Waals surface area contributed by atoms with Gasteiger partial charge in [0.15, 0.2) is 0 Å². The molecule has 1 unspecified atom stereocenters. The summed E-state index contributed by atoms with van der Waals surface area (Å²) in [5, 5.41) is 0. The third-order valence-electron chi connectivity index (χ3n) is 3.83. The summed E-state index contributed by atoms with van der Waals surface area (Å²) < 4.78 is 1.24. The van der Waals surface area contributed by atoms with Crippen LogP contribution >= 0.6 is 22.6 Å². The molecular formula is C16H17IN2. The first-order valence-electron chi connectivity index (χ1n) is 6.61. The molecule has 3 rings (SSSR count). The quantitative estimate of drug-likeness (QED) is 0.498. The highest BCUT2D eigenvalue weighted by Gasteiger charge is 2.16. The van der Waals surface area contributed by atoms with E-state index in [0.29, 0.717) is 0 Å². The largest absolute Gasteiger partial charge is 0.271 e. The minimum absolute atomic E-state index is 0.0721. The number of benzene rings is 2. The summed E-state index contributed by atoms with van der Waals surface area (Å²) in [6.45, 7) is 0. The van der Waals surface area contributed by atoms with Crippen LogP contribution in [0, 0.1) is 3.57 Å². The highest BCUT2D eigenvalue weighted by Crippen LogP contribution is 2.28. The van der Waals surface area contributed by atoms with Gasteiger partial charge in [-0.05, 0) is 76.2 Å². The van der Waals surface area contributed by atoms with Gasteiger partial charge in [0.05, 0.1) is 6.04 Å². The molecule has 0 bridgehead atoms. The van der Waals surface area contributed by atoms with Crippen LogP contribution in [0.25, 0.3) is 0 Å². The highest BCUT2D eigenvalue weighted by atomic mass is 127. The van der Waals surface area contributed by atoms with Crippen molar-refractivity contribution in [2.24, 2.45) is 5.84 Å². The predicted molar refractivity (Wildman–Crippen MR) is 86.8 cm³/mol. The van der Waals surface area contributed by atoms with E-state index in [1.807, 2.05) is 0 Å². The van der Waals surface area contributed by atoms with Crippen LogP contribution in [0.3, 0.4) is 0 Å². The van der Waals surface area contributed by atoms with Crippen molar-refractivity contribution in [2.45, 2.75) is 25.3 Å². The van der Waals surface area contributed by atoms with Gasteiger partial charge in [-0.3, -0.25) is 5.84 Å². The van der Waals surface area contributed by atoms with Crippen LogP contribution in [-0.4, -0.2) is 0 Å². The Labute approximate surface area is 127 Å². The molecular weight excluding hydrogens is 347 g/mol. The van der Waals surface area contributed by atoms with Crippen molar-refractivity contribution in [1.29, 1.82) is 0 Å². The molecule has 19 heavy (non-hydrogen) atoms. The van der Waals surface area contributed by atoms with E-state index in [0.717, 1.165) is 0 Å². The monoisotopic (exact) mass is 364 g/mol. The van der Waals surface area contributed by atoms with E-state index in [1.54, 1.807) is 0 Å². The number of fused-ring (bicyclic) bond motifs is 1. The molecule has 2 nitrogen and oxygen atoms in total. The molecule has 2 aromatic carbocycles. The number of hydrogen-bond donors (Lipinski definition) is 2. The third-order valence-corrected chi connectivity index (χ3v) is 4.55. The van der Waals surface area contributed by atoms with Gasteiger partial charge in [-0.15, -0.1) is 0 Å². The number of aryl methyl sites for hydroxylation is 2. The van der Waals surface area contributed by atoms with Crippen LogP contribution < -0.4 is 11.3 Å². The average Bonchev–Trinajstić information content (AvgIpc) is 2.89. The van der Waals surface area contributed by atoms with Crippen LogP contribution in [0.4, 0.5) is 0 Å². The predicted octanol–water partition coefficient (Wildman–Crippen LogP) is 3.33. The molecule has 2 aromatic rings. The zero-order valence-corrected chi connectivity index (χ0v) is 12.9. The Kier molecular flexibility index (Phi) is 3.86. The first-order valence-corrected chi connectivity index (χ1v) is 7.69. The maximum atomic E-state index is 5.77. The van der Waals surface area contributed by atoms with Crippen LogP contribution in [-0.2, 0) is 12.8 Å². The molecule has 1 atom stereocenters. The second kappa shape index (κ2) is 5.61. The van der Waals surface area contributed by atoms with Crippen molar-refractivity contribution >= 4 is 22.6 Å². The number of nitrogens with two attached hydrogens (primary N) is 1. The molecule has 0 amide bonds. The summed E-state index contributed by atoms with van der Waals surface area (Å²) in [5.41, 5.74) is 8.40. The van der Waals surface area contributed by atoms with E-state index < -0.39 is 0 Å². The maximum absolute atomic E-state index is 5.77. The van der Waals surface area contributed by atoms with E-state index in [2.05, 4.69) is 70.5 Å². The fraction of sp³-hybridized carbons (Fsp3) is 0.250. The van der Waals surface area contributed by atoms with Gasteiger partial charge in [-0.1, -0.05) is 30.3 Å². The minimum Gasteiger partial charge on any atom is -0.271 e. The summed E-state index contributed by atoms with van der Waals surface area (Å²) in [6.07, 6.45) is 3.70. The molecule has 0 spiro atoms. The Morgan fingerprint density at radius 3 is 2.37 bits per heavy atom. The highest BCUT2D eigenvalue weighted by molar-refractivity contribution is 14.1. The normalized spacial score (nSPS) is 15.3. The first-order chi connectivity index (χ1) is 9.28. The van der Waals surface area contributed by atoms with Crippen LogP contribution in [0.2, 0.25) is 0 Å². The van der Waals surface area contributed by atoms with Crippen LogP contribution in [0.5, 0.6) is 0 Å². The third kappa shape index (κ3) is 2.68. The summed E-state index contributed by atoms with van der Waals surface area (Å²) in [5.74, 6) is 5.77. The molecule has 0 saturated heterocycles. The smallest absolute Gasteiger partial charge is 0.0710 e. The Balaban J connectivity index is 1.96. The lowest BCUT2D eigenvalue weighted by Gasteiger charge is -2.18. The summed E-state index contributed by atoms with van der Waals surface area (Å²) in [6, 6.07) is 15.4. The lowest BCUT2D eigenvalue weighted by atomic mass is 9.96. The molecule has 0 radical (unpaired) electrons. The lowest BCUT2D eigenvalue weighted by molar-refractivity contribution is 0.636. The van der Waals surface area contributed by atoms with Gasteiger partial charge in [-0.25, -0.2) is 5.43 Å². The Hall–Kier alpha value is -0.910. The maximum Gasteiger partial charge on any atom is 0.0710 e. The Morgan fingerprint density at radius 1 is 0.947 bits per heavy atom. The summed E-state index contributed by atoms with van der Waals surface area (Å²) in [4.78, 5) is 0. The number of rotatable bonds is 3. The van der Waals surface area contributed by atoms with Crippen LogP contribution in [0.1, 0.15) is 34.7 Å². The number of nitrogens with one attached hydrogen (secondary N) is 1. The first kappa shape index (κ1) is 13.1. The van der Waals surface area contributed by atoms with Gasteiger partial charge >= 0.3 is 0 Å². The van der Waals surface area contributed by atoms with Crippen molar-refractivity contribution < 1.29 is 0 Å². The fourth-order valence-corrected chi connectivity index (χ4v) is 3.17. The van der Waals surface area contributed by atoms with Crippen molar-refractivity contribution in [1.82, 2.24) is 5.43 Å². The molecule has 0 aliphatic heterocycles. The van der Waals surface area contributed by atoms with E-state index in [-0.39, 0.29) is 6.04 Å². The average molecular weight is 364 g/mol. The van der Waals surface area contributed by atoms with E-state index in [1.165, 1.54) is 45.1 Å². The lowest BCUT2D eigenvalue weighted by Crippen LogP contribution is -2.28. The number of hydrogen-bond acceptors (Lipinski definition) is 2. The van der Waals surface area contributed by atoms with Crippen molar-refractivity contribution in [2.75, 3.05) is 0 Å². The van der Waals surface area contributed by atoms with Crippen molar-refractivity contribution in [3.05, 3.63) is 68.3 Å². The van der Waals surface area contributed by atoms with Gasteiger partial charge in [0.1, 0.15) is 0 Å². The molecule has 0 aromatic heterocycles. The van der Waals surface area contributed by atoms with Crippen LogP contribution in [0.15, 0.2) is 42.5 Å². The second-order valence-electron chi connectivity index (χ2n) is 5.03. The molecule has 3 N–H and O–H groups in total. The van der Waals surface area contributed by atoms with Gasteiger partial charge in [-0.2, -0.15) is 0 Å². The number of hydrazine groups is 1. The standard InChI is InChI=1S/C16H17IN2/c17-15-8-6-12(7-9-15)16(19-18)14-5-4-11-2-1-3-13(11)10-14/h4-10,16,19H,1-3,18H2. The molecule has 98 valence electrons. The van der Waals surface area contributed by atoms with Crippen molar-refractivity contribution in [3.63, 3.8) is 0 Å². The van der Waals surface area contributed by atoms with E-state index >= 15 is 0 Å².